The third-order valence-corrected chi connectivity index (χ3v) is 8.15. The van der Waals surface area contributed by atoms with Gasteiger partial charge in [0.2, 0.25) is 0 Å². The molecule has 2 fully saturated rings. The zero-order valence-corrected chi connectivity index (χ0v) is 20.6. The first-order valence-electron chi connectivity index (χ1n) is 13.1. The van der Waals surface area contributed by atoms with Crippen molar-refractivity contribution < 1.29 is 31.1 Å². The molecule has 4 rings (SSSR count). The number of alkyl halides is 4. The van der Waals surface area contributed by atoms with Crippen LogP contribution in [0.5, 0.6) is 5.75 Å². The predicted octanol–water partition coefficient (Wildman–Crippen LogP) is 9.75. The molecule has 36 heavy (non-hydrogen) atoms. The van der Waals surface area contributed by atoms with Crippen LogP contribution < -0.4 is 4.74 Å². The molecule has 4 unspecified atom stereocenters. The molecule has 0 heterocycles. The third-order valence-electron chi connectivity index (χ3n) is 8.15. The second-order valence-corrected chi connectivity index (χ2v) is 10.6. The van der Waals surface area contributed by atoms with E-state index in [0.717, 1.165) is 42.4 Å². The maximum absolute atomic E-state index is 15.1. The summed E-state index contributed by atoms with van der Waals surface area (Å²) in [4.78, 5) is 0. The van der Waals surface area contributed by atoms with Crippen molar-refractivity contribution in [1.82, 2.24) is 0 Å². The van der Waals surface area contributed by atoms with Gasteiger partial charge < -0.3 is 4.74 Å². The first-order chi connectivity index (χ1) is 17.2. The van der Waals surface area contributed by atoms with Crippen molar-refractivity contribution in [1.29, 1.82) is 0 Å². The van der Waals surface area contributed by atoms with Crippen LogP contribution in [0.1, 0.15) is 82.6 Å². The molecular weight excluding hydrogens is 478 g/mol. The van der Waals surface area contributed by atoms with Crippen LogP contribution in [-0.4, -0.2) is 12.5 Å². The Bertz CT molecular complexity index is 1020. The standard InChI is InChI=1S/C29H34F6O/c1-2-3-4-5-18-6-7-20-15-21(9-8-19(20)14-18)22-10-12-24(25(30)16-22)23-11-13-27(26(31)17-23)36-29(34,35)28(32)33/h10-13,16-21,28H,2-9,14-15H2,1H3. The minimum atomic E-state index is -4.82. The number of ether oxygens (including phenoxy) is 1. The van der Waals surface area contributed by atoms with E-state index in [9.17, 15) is 22.0 Å². The molecule has 4 atom stereocenters. The molecule has 0 aliphatic heterocycles. The Morgan fingerprint density at radius 3 is 2.33 bits per heavy atom. The first-order valence-corrected chi connectivity index (χ1v) is 13.1. The second-order valence-electron chi connectivity index (χ2n) is 10.6. The summed E-state index contributed by atoms with van der Waals surface area (Å²) < 4.78 is 84.1. The molecule has 2 aliphatic carbocycles. The average molecular weight is 513 g/mol. The highest BCUT2D eigenvalue weighted by atomic mass is 19.3. The minimum absolute atomic E-state index is 0.117. The summed E-state index contributed by atoms with van der Waals surface area (Å²) in [5.74, 6) is -0.215. The number of unbranched alkanes of at least 4 members (excludes halogenated alkanes) is 2. The minimum Gasteiger partial charge on any atom is -0.425 e. The van der Waals surface area contributed by atoms with E-state index < -0.39 is 29.9 Å². The maximum atomic E-state index is 15.1. The van der Waals surface area contributed by atoms with Gasteiger partial charge in [-0.3, -0.25) is 0 Å². The van der Waals surface area contributed by atoms with Gasteiger partial charge in [0.25, 0.3) is 0 Å². The monoisotopic (exact) mass is 512 g/mol. The van der Waals surface area contributed by atoms with Crippen LogP contribution in [0.2, 0.25) is 0 Å². The zero-order valence-electron chi connectivity index (χ0n) is 20.6. The van der Waals surface area contributed by atoms with E-state index in [1.807, 2.05) is 6.07 Å². The van der Waals surface area contributed by atoms with Gasteiger partial charge in [-0.25, -0.2) is 8.78 Å². The lowest BCUT2D eigenvalue weighted by Crippen LogP contribution is -2.33. The van der Waals surface area contributed by atoms with Gasteiger partial charge in [0.1, 0.15) is 5.82 Å². The van der Waals surface area contributed by atoms with Crippen molar-refractivity contribution in [2.75, 3.05) is 0 Å². The largest absolute Gasteiger partial charge is 0.461 e. The highest BCUT2D eigenvalue weighted by molar-refractivity contribution is 5.65. The van der Waals surface area contributed by atoms with Crippen molar-refractivity contribution >= 4 is 0 Å². The van der Waals surface area contributed by atoms with Crippen LogP contribution in [0, 0.1) is 29.4 Å². The Morgan fingerprint density at radius 2 is 1.64 bits per heavy atom. The highest BCUT2D eigenvalue weighted by Crippen LogP contribution is 2.48. The molecule has 0 aromatic heterocycles. The summed E-state index contributed by atoms with van der Waals surface area (Å²) in [6.07, 6.45) is 3.44. The van der Waals surface area contributed by atoms with Gasteiger partial charge in [-0.05, 0) is 85.1 Å². The lowest BCUT2D eigenvalue weighted by molar-refractivity contribution is -0.254. The highest BCUT2D eigenvalue weighted by Gasteiger charge is 2.44. The molecule has 2 aromatic carbocycles. The van der Waals surface area contributed by atoms with E-state index in [2.05, 4.69) is 11.7 Å². The summed E-state index contributed by atoms with van der Waals surface area (Å²) in [5.41, 5.74) is 1.16. The summed E-state index contributed by atoms with van der Waals surface area (Å²) >= 11 is 0. The Balaban J connectivity index is 1.40. The van der Waals surface area contributed by atoms with Crippen LogP contribution in [0.25, 0.3) is 11.1 Å². The first kappa shape index (κ1) is 26.9. The second kappa shape index (κ2) is 11.5. The Hall–Kier alpha value is -2.18. The molecule has 0 amide bonds. The fourth-order valence-corrected chi connectivity index (χ4v) is 6.20. The van der Waals surface area contributed by atoms with E-state index in [1.165, 1.54) is 63.5 Å². The summed E-state index contributed by atoms with van der Waals surface area (Å²) in [6.45, 7) is 2.24. The van der Waals surface area contributed by atoms with Crippen LogP contribution in [0.3, 0.4) is 0 Å². The van der Waals surface area contributed by atoms with Crippen molar-refractivity contribution in [2.45, 2.75) is 89.6 Å². The van der Waals surface area contributed by atoms with E-state index in [4.69, 9.17) is 0 Å². The topological polar surface area (TPSA) is 9.23 Å². The fourth-order valence-electron chi connectivity index (χ4n) is 6.20. The van der Waals surface area contributed by atoms with Gasteiger partial charge in [-0.2, -0.15) is 17.6 Å². The molecule has 2 aromatic rings. The lowest BCUT2D eigenvalue weighted by Gasteiger charge is -2.42. The lowest BCUT2D eigenvalue weighted by atomic mass is 9.63. The van der Waals surface area contributed by atoms with Crippen LogP contribution in [0.4, 0.5) is 26.3 Å². The van der Waals surface area contributed by atoms with Crippen molar-refractivity contribution in [2.24, 2.45) is 17.8 Å². The van der Waals surface area contributed by atoms with Gasteiger partial charge in [-0.15, -0.1) is 0 Å². The van der Waals surface area contributed by atoms with E-state index >= 15 is 4.39 Å². The molecule has 2 saturated carbocycles. The number of rotatable bonds is 9. The normalized spacial score (nSPS) is 24.6. The Morgan fingerprint density at radius 1 is 0.889 bits per heavy atom. The van der Waals surface area contributed by atoms with Crippen LogP contribution in [0.15, 0.2) is 36.4 Å². The van der Waals surface area contributed by atoms with Crippen molar-refractivity contribution in [3.05, 3.63) is 53.6 Å². The molecule has 0 saturated heterocycles. The molecule has 0 bridgehead atoms. The molecule has 0 N–H and O–H groups in total. The van der Waals surface area contributed by atoms with Gasteiger partial charge in [0.05, 0.1) is 0 Å². The number of halogens is 6. The Kier molecular flexibility index (Phi) is 8.56. The van der Waals surface area contributed by atoms with Crippen molar-refractivity contribution in [3.8, 4) is 16.9 Å². The molecule has 1 nitrogen and oxygen atoms in total. The smallest absolute Gasteiger partial charge is 0.425 e. The fraction of sp³-hybridized carbons (Fsp3) is 0.586. The number of fused-ring (bicyclic) bond motifs is 1. The summed E-state index contributed by atoms with van der Waals surface area (Å²) in [5, 5.41) is 0. The number of hydrogen-bond acceptors (Lipinski definition) is 1. The van der Waals surface area contributed by atoms with Gasteiger partial charge in [-0.1, -0.05) is 57.2 Å². The van der Waals surface area contributed by atoms with Crippen molar-refractivity contribution in [3.63, 3.8) is 0 Å². The molecular formula is C29H34F6O. The SMILES string of the molecule is CCCCCC1CCC2CC(c3ccc(-c4ccc(OC(F)(F)C(F)F)c(F)c4)c(F)c3)CCC2C1. The molecule has 7 heteroatoms. The third kappa shape index (κ3) is 6.20. The van der Waals surface area contributed by atoms with E-state index in [1.54, 1.807) is 6.07 Å². The van der Waals surface area contributed by atoms with Crippen LogP contribution >= 0.6 is 0 Å². The predicted molar refractivity (Wildman–Crippen MR) is 128 cm³/mol. The van der Waals surface area contributed by atoms with Gasteiger partial charge in [0, 0.05) is 5.56 Å². The number of hydrogen-bond donors (Lipinski definition) is 0. The zero-order chi connectivity index (χ0) is 25.9. The average Bonchev–Trinajstić information content (AvgIpc) is 2.85. The molecule has 0 spiro atoms. The molecule has 198 valence electrons. The van der Waals surface area contributed by atoms with Crippen LogP contribution in [-0.2, 0) is 0 Å². The summed E-state index contributed by atoms with van der Waals surface area (Å²) in [6, 6.07) is 7.73. The van der Waals surface area contributed by atoms with Gasteiger partial charge in [0.15, 0.2) is 11.6 Å². The quantitative estimate of drug-likeness (QED) is 0.240. The molecule has 0 radical (unpaired) electrons. The maximum Gasteiger partial charge on any atom is 0.461 e. The van der Waals surface area contributed by atoms with E-state index in [-0.39, 0.29) is 17.0 Å². The molecule has 2 aliphatic rings. The summed E-state index contributed by atoms with van der Waals surface area (Å²) in [7, 11) is 0. The Labute approximate surface area is 209 Å². The number of benzene rings is 2. The van der Waals surface area contributed by atoms with E-state index in [0.29, 0.717) is 5.92 Å². The van der Waals surface area contributed by atoms with Gasteiger partial charge >= 0.3 is 12.5 Å².